The van der Waals surface area contributed by atoms with Crippen LogP contribution in [0.1, 0.15) is 35.1 Å². The first-order valence-electron chi connectivity index (χ1n) is 6.26. The van der Waals surface area contributed by atoms with Crippen LogP contribution in [0, 0.1) is 12.7 Å². The smallest absolute Gasteiger partial charge is 0.129 e. The maximum Gasteiger partial charge on any atom is 0.129 e. The standard InChI is InChI=1S/C14H14ClFN2S/c1-8-7-19-14(17-8)13(18-10-3-4-10)11-5-2-9(15)6-12(11)16/h2,5-7,10,13,18H,3-4H2,1H3. The van der Waals surface area contributed by atoms with Gasteiger partial charge in [-0.2, -0.15) is 0 Å². The summed E-state index contributed by atoms with van der Waals surface area (Å²) < 4.78 is 14.1. The molecule has 0 spiro atoms. The third-order valence-electron chi connectivity index (χ3n) is 3.14. The van der Waals surface area contributed by atoms with Gasteiger partial charge in [-0.15, -0.1) is 11.3 Å². The maximum atomic E-state index is 14.1. The molecule has 0 aliphatic heterocycles. The fourth-order valence-electron chi connectivity index (χ4n) is 2.02. The number of hydrogen-bond acceptors (Lipinski definition) is 3. The first-order valence-corrected chi connectivity index (χ1v) is 7.52. The molecule has 5 heteroatoms. The number of thiazole rings is 1. The predicted octanol–water partition coefficient (Wildman–Crippen LogP) is 4.09. The lowest BCUT2D eigenvalue weighted by molar-refractivity contribution is 0.544. The Bertz CT molecular complexity index is 595. The van der Waals surface area contributed by atoms with Crippen molar-refractivity contribution < 1.29 is 4.39 Å². The van der Waals surface area contributed by atoms with Crippen LogP contribution < -0.4 is 5.32 Å². The van der Waals surface area contributed by atoms with Crippen molar-refractivity contribution in [2.45, 2.75) is 31.8 Å². The van der Waals surface area contributed by atoms with E-state index in [4.69, 9.17) is 11.6 Å². The lowest BCUT2D eigenvalue weighted by atomic mass is 10.1. The fraction of sp³-hybridized carbons (Fsp3) is 0.357. The highest BCUT2D eigenvalue weighted by Gasteiger charge is 2.29. The summed E-state index contributed by atoms with van der Waals surface area (Å²) in [6.45, 7) is 1.95. The zero-order valence-corrected chi connectivity index (χ0v) is 12.1. The number of hydrogen-bond donors (Lipinski definition) is 1. The summed E-state index contributed by atoms with van der Waals surface area (Å²) in [4.78, 5) is 4.49. The van der Waals surface area contributed by atoms with E-state index in [2.05, 4.69) is 10.3 Å². The summed E-state index contributed by atoms with van der Waals surface area (Å²) in [6, 6.07) is 5.13. The fourth-order valence-corrected chi connectivity index (χ4v) is 3.05. The van der Waals surface area contributed by atoms with Crippen LogP contribution >= 0.6 is 22.9 Å². The van der Waals surface area contributed by atoms with E-state index in [0.29, 0.717) is 16.6 Å². The van der Waals surface area contributed by atoms with Crippen LogP contribution in [0.4, 0.5) is 4.39 Å². The van der Waals surface area contributed by atoms with E-state index in [1.807, 2.05) is 12.3 Å². The Hall–Kier alpha value is -0.970. The van der Waals surface area contributed by atoms with Gasteiger partial charge in [0, 0.05) is 27.7 Å². The molecule has 0 amide bonds. The molecule has 19 heavy (non-hydrogen) atoms. The molecule has 1 N–H and O–H groups in total. The predicted molar refractivity (Wildman–Crippen MR) is 76.3 cm³/mol. The molecule has 1 unspecified atom stereocenters. The summed E-state index contributed by atoms with van der Waals surface area (Å²) in [5.74, 6) is -0.279. The molecule has 1 aliphatic rings. The summed E-state index contributed by atoms with van der Waals surface area (Å²) in [6.07, 6.45) is 2.30. The molecule has 0 bridgehead atoms. The molecule has 2 aromatic rings. The second kappa shape index (κ2) is 5.19. The largest absolute Gasteiger partial charge is 0.301 e. The van der Waals surface area contributed by atoms with Crippen molar-refractivity contribution in [2.75, 3.05) is 0 Å². The summed E-state index contributed by atoms with van der Waals surface area (Å²) in [5, 5.41) is 6.78. The molecule has 1 fully saturated rings. The number of rotatable bonds is 4. The molecular formula is C14H14ClFN2S. The number of nitrogens with one attached hydrogen (secondary N) is 1. The van der Waals surface area contributed by atoms with Crippen molar-refractivity contribution in [3.05, 3.63) is 50.7 Å². The highest BCUT2D eigenvalue weighted by atomic mass is 35.5. The van der Waals surface area contributed by atoms with E-state index in [0.717, 1.165) is 23.5 Å². The molecule has 2 nitrogen and oxygen atoms in total. The zero-order chi connectivity index (χ0) is 13.4. The van der Waals surface area contributed by atoms with Gasteiger partial charge in [-0.3, -0.25) is 0 Å². The van der Waals surface area contributed by atoms with E-state index >= 15 is 0 Å². The van der Waals surface area contributed by atoms with E-state index in [1.54, 1.807) is 23.5 Å². The van der Waals surface area contributed by atoms with Crippen molar-refractivity contribution in [2.24, 2.45) is 0 Å². The second-order valence-corrected chi connectivity index (χ2v) is 6.19. The molecule has 1 aliphatic carbocycles. The Morgan fingerprint density at radius 2 is 2.26 bits per heavy atom. The average Bonchev–Trinajstić information content (AvgIpc) is 3.08. The minimum atomic E-state index is -0.279. The van der Waals surface area contributed by atoms with Crippen LogP contribution in [0.25, 0.3) is 0 Å². The number of benzene rings is 1. The molecule has 1 aromatic carbocycles. The topological polar surface area (TPSA) is 24.9 Å². The van der Waals surface area contributed by atoms with Gasteiger partial charge in [0.15, 0.2) is 0 Å². The van der Waals surface area contributed by atoms with Gasteiger partial charge in [0.2, 0.25) is 0 Å². The summed E-state index contributed by atoms with van der Waals surface area (Å²) in [5.41, 5.74) is 1.59. The minimum absolute atomic E-state index is 0.177. The molecule has 1 heterocycles. The Kier molecular flexibility index (Phi) is 3.56. The molecule has 0 saturated heterocycles. The van der Waals surface area contributed by atoms with Gasteiger partial charge in [-0.25, -0.2) is 9.37 Å². The van der Waals surface area contributed by atoms with Gasteiger partial charge >= 0.3 is 0 Å². The Morgan fingerprint density at radius 3 is 2.84 bits per heavy atom. The Morgan fingerprint density at radius 1 is 1.47 bits per heavy atom. The molecule has 1 aromatic heterocycles. The third-order valence-corrected chi connectivity index (χ3v) is 4.40. The monoisotopic (exact) mass is 296 g/mol. The van der Waals surface area contributed by atoms with Gasteiger partial charge < -0.3 is 5.32 Å². The normalized spacial score (nSPS) is 16.6. The van der Waals surface area contributed by atoms with Crippen molar-refractivity contribution in [3.8, 4) is 0 Å². The van der Waals surface area contributed by atoms with Gasteiger partial charge in [0.1, 0.15) is 10.8 Å². The van der Waals surface area contributed by atoms with Crippen molar-refractivity contribution in [3.63, 3.8) is 0 Å². The van der Waals surface area contributed by atoms with E-state index in [-0.39, 0.29) is 11.9 Å². The van der Waals surface area contributed by atoms with Crippen LogP contribution in [0.15, 0.2) is 23.6 Å². The van der Waals surface area contributed by atoms with Gasteiger partial charge in [-0.05, 0) is 31.9 Å². The van der Waals surface area contributed by atoms with Crippen LogP contribution in [0.2, 0.25) is 5.02 Å². The minimum Gasteiger partial charge on any atom is -0.301 e. The molecule has 1 atom stereocenters. The Labute approximate surface area is 120 Å². The lowest BCUT2D eigenvalue weighted by Gasteiger charge is -2.17. The van der Waals surface area contributed by atoms with Crippen LogP contribution in [0.5, 0.6) is 0 Å². The van der Waals surface area contributed by atoms with E-state index in [9.17, 15) is 4.39 Å². The number of nitrogens with zero attached hydrogens (tertiary/aromatic N) is 1. The first kappa shape index (κ1) is 13.0. The zero-order valence-electron chi connectivity index (χ0n) is 10.5. The number of aryl methyl sites for hydroxylation is 1. The van der Waals surface area contributed by atoms with Gasteiger partial charge in [0.25, 0.3) is 0 Å². The summed E-state index contributed by atoms with van der Waals surface area (Å²) in [7, 11) is 0. The van der Waals surface area contributed by atoms with E-state index in [1.165, 1.54) is 6.07 Å². The maximum absolute atomic E-state index is 14.1. The van der Waals surface area contributed by atoms with Crippen LogP contribution in [0.3, 0.4) is 0 Å². The quantitative estimate of drug-likeness (QED) is 0.919. The molecule has 1 saturated carbocycles. The van der Waals surface area contributed by atoms with Crippen LogP contribution in [-0.2, 0) is 0 Å². The van der Waals surface area contributed by atoms with Crippen LogP contribution in [-0.4, -0.2) is 11.0 Å². The molecule has 3 rings (SSSR count). The highest BCUT2D eigenvalue weighted by molar-refractivity contribution is 7.09. The second-order valence-electron chi connectivity index (χ2n) is 4.87. The lowest BCUT2D eigenvalue weighted by Crippen LogP contribution is -2.25. The molecular weight excluding hydrogens is 283 g/mol. The molecule has 0 radical (unpaired) electrons. The van der Waals surface area contributed by atoms with Crippen molar-refractivity contribution >= 4 is 22.9 Å². The number of aromatic nitrogens is 1. The van der Waals surface area contributed by atoms with Gasteiger partial charge in [-0.1, -0.05) is 17.7 Å². The van der Waals surface area contributed by atoms with Gasteiger partial charge in [0.05, 0.1) is 6.04 Å². The Balaban J connectivity index is 1.97. The molecule has 100 valence electrons. The highest BCUT2D eigenvalue weighted by Crippen LogP contribution is 2.32. The first-order chi connectivity index (χ1) is 9.13. The summed E-state index contributed by atoms with van der Waals surface area (Å²) >= 11 is 7.38. The SMILES string of the molecule is Cc1csc(C(NC2CC2)c2ccc(Cl)cc2F)n1. The van der Waals surface area contributed by atoms with Crippen molar-refractivity contribution in [1.29, 1.82) is 0 Å². The van der Waals surface area contributed by atoms with E-state index < -0.39 is 0 Å². The van der Waals surface area contributed by atoms with Crippen molar-refractivity contribution in [1.82, 2.24) is 10.3 Å². The third kappa shape index (κ3) is 2.96. The average molecular weight is 297 g/mol. The number of halogens is 2.